The van der Waals surface area contributed by atoms with E-state index in [0.29, 0.717) is 13.2 Å². The smallest absolute Gasteiger partial charge is 0.165 e. The van der Waals surface area contributed by atoms with Gasteiger partial charge < -0.3 is 0 Å². The predicted molar refractivity (Wildman–Crippen MR) is 110 cm³/mol. The molecule has 0 N–H and O–H groups in total. The molecule has 8 heteroatoms. The number of aromatic nitrogens is 4. The van der Waals surface area contributed by atoms with E-state index < -0.39 is 0 Å². The summed E-state index contributed by atoms with van der Waals surface area (Å²) in [6.07, 6.45) is 1.78. The van der Waals surface area contributed by atoms with Gasteiger partial charge in [-0.25, -0.2) is 0 Å². The number of halogens is 1. The lowest BCUT2D eigenvalue weighted by atomic mass is 10.0. The van der Waals surface area contributed by atoms with E-state index in [4.69, 9.17) is 9.83 Å². The lowest BCUT2D eigenvalue weighted by Gasteiger charge is -2.18. The Kier molecular flexibility index (Phi) is 5.61. The number of benzene rings is 1. The van der Waals surface area contributed by atoms with Gasteiger partial charge in [0.2, 0.25) is 0 Å². The van der Waals surface area contributed by atoms with Crippen molar-refractivity contribution >= 4 is 21.6 Å². The highest BCUT2D eigenvalue weighted by Gasteiger charge is 2.24. The molecule has 0 fully saturated rings. The molecule has 1 aromatic carbocycles. The van der Waals surface area contributed by atoms with Crippen LogP contribution in [0.3, 0.4) is 0 Å². The fourth-order valence-electron chi connectivity index (χ4n) is 3.23. The average Bonchev–Trinajstić information content (AvgIpc) is 3.06. The minimum absolute atomic E-state index is 0.347. The van der Waals surface area contributed by atoms with Crippen LogP contribution < -0.4 is 0 Å². The molecule has 3 heterocycles. The Bertz CT molecular complexity index is 997. The van der Waals surface area contributed by atoms with Gasteiger partial charge in [-0.1, -0.05) is 35.8 Å². The summed E-state index contributed by atoms with van der Waals surface area (Å²) in [6.45, 7) is 6.52. The molecule has 1 aliphatic heterocycles. The standard InChI is InChI=1S/C20H21BrN6O/c1-3-26(4-2)28-13-19-25-24-18-12-23-20(16-7-5-6-10-22-16)15-9-8-14(21)11-17(15)27(18)19/h5-11H,3-4,12-13H2,1-2H3. The van der Waals surface area contributed by atoms with Crippen molar-refractivity contribution in [2.75, 3.05) is 13.1 Å². The molecule has 2 aromatic heterocycles. The first-order valence-electron chi connectivity index (χ1n) is 9.28. The van der Waals surface area contributed by atoms with Crippen LogP contribution in [-0.2, 0) is 18.0 Å². The lowest BCUT2D eigenvalue weighted by Crippen LogP contribution is -2.24. The maximum absolute atomic E-state index is 5.90. The normalized spacial score (nSPS) is 13.1. The molecule has 0 unspecified atom stereocenters. The molecule has 7 nitrogen and oxygen atoms in total. The summed E-state index contributed by atoms with van der Waals surface area (Å²) < 4.78 is 3.02. The van der Waals surface area contributed by atoms with Crippen LogP contribution in [0.15, 0.2) is 52.1 Å². The Morgan fingerprint density at radius 3 is 2.75 bits per heavy atom. The number of fused-ring (bicyclic) bond motifs is 3. The average molecular weight is 441 g/mol. The van der Waals surface area contributed by atoms with E-state index >= 15 is 0 Å². The molecule has 28 heavy (non-hydrogen) atoms. The number of nitrogens with zero attached hydrogens (tertiary/aromatic N) is 6. The molecule has 0 amide bonds. The van der Waals surface area contributed by atoms with Crippen molar-refractivity contribution < 1.29 is 4.84 Å². The van der Waals surface area contributed by atoms with Crippen molar-refractivity contribution in [1.82, 2.24) is 24.8 Å². The third-order valence-corrected chi connectivity index (χ3v) is 5.11. The van der Waals surface area contributed by atoms with Gasteiger partial charge in [0.25, 0.3) is 0 Å². The number of pyridine rings is 1. The highest BCUT2D eigenvalue weighted by molar-refractivity contribution is 9.10. The summed E-state index contributed by atoms with van der Waals surface area (Å²) >= 11 is 3.59. The largest absolute Gasteiger partial charge is 0.291 e. The van der Waals surface area contributed by atoms with E-state index in [-0.39, 0.29) is 0 Å². The maximum Gasteiger partial charge on any atom is 0.165 e. The summed E-state index contributed by atoms with van der Waals surface area (Å²) in [6, 6.07) is 12.0. The van der Waals surface area contributed by atoms with Crippen LogP contribution >= 0.6 is 15.9 Å². The van der Waals surface area contributed by atoms with Crippen LogP contribution in [0, 0.1) is 0 Å². The van der Waals surface area contributed by atoms with Crippen LogP contribution in [0.25, 0.3) is 5.69 Å². The number of rotatable bonds is 6. The minimum atomic E-state index is 0.347. The lowest BCUT2D eigenvalue weighted by molar-refractivity contribution is -0.165. The van der Waals surface area contributed by atoms with E-state index in [0.717, 1.165) is 51.9 Å². The molecule has 4 rings (SSSR count). The van der Waals surface area contributed by atoms with E-state index in [1.54, 1.807) is 6.20 Å². The fourth-order valence-corrected chi connectivity index (χ4v) is 3.58. The molecule has 144 valence electrons. The molecule has 0 atom stereocenters. The molecule has 0 bridgehead atoms. The van der Waals surface area contributed by atoms with Crippen LogP contribution in [0.2, 0.25) is 0 Å². The van der Waals surface area contributed by atoms with Gasteiger partial charge in [0, 0.05) is 29.3 Å². The summed E-state index contributed by atoms with van der Waals surface area (Å²) in [7, 11) is 0. The fraction of sp³-hybridized carbons (Fsp3) is 0.300. The molecule has 0 spiro atoms. The summed E-state index contributed by atoms with van der Waals surface area (Å²) in [5.41, 5.74) is 3.65. The molecular weight excluding hydrogens is 420 g/mol. The van der Waals surface area contributed by atoms with Gasteiger partial charge in [-0.2, -0.15) is 5.06 Å². The van der Waals surface area contributed by atoms with Gasteiger partial charge in [0.15, 0.2) is 11.6 Å². The zero-order valence-corrected chi connectivity index (χ0v) is 17.4. The monoisotopic (exact) mass is 440 g/mol. The topological polar surface area (TPSA) is 68.4 Å². The number of hydrogen-bond donors (Lipinski definition) is 0. The first-order valence-corrected chi connectivity index (χ1v) is 10.1. The van der Waals surface area contributed by atoms with Crippen molar-refractivity contribution in [3.8, 4) is 5.69 Å². The van der Waals surface area contributed by atoms with Crippen LogP contribution in [-0.4, -0.2) is 43.6 Å². The van der Waals surface area contributed by atoms with Crippen molar-refractivity contribution in [3.05, 3.63) is 70.0 Å². The second-order valence-corrected chi connectivity index (χ2v) is 7.21. The SMILES string of the molecule is CCN(CC)OCc1nnc2n1-c1cc(Br)ccc1C(c1ccccn1)=NC2. The summed E-state index contributed by atoms with van der Waals surface area (Å²) in [4.78, 5) is 15.2. The summed E-state index contributed by atoms with van der Waals surface area (Å²) in [5, 5.41) is 10.6. The van der Waals surface area contributed by atoms with Gasteiger partial charge in [-0.05, 0) is 30.3 Å². The van der Waals surface area contributed by atoms with Crippen LogP contribution in [0.5, 0.6) is 0 Å². The maximum atomic E-state index is 5.90. The number of hydroxylamine groups is 2. The Labute approximate surface area is 172 Å². The highest BCUT2D eigenvalue weighted by atomic mass is 79.9. The zero-order chi connectivity index (χ0) is 19.5. The first kappa shape index (κ1) is 18.9. The van der Waals surface area contributed by atoms with Gasteiger partial charge in [-0.15, -0.1) is 10.2 Å². The van der Waals surface area contributed by atoms with Crippen molar-refractivity contribution in [2.24, 2.45) is 4.99 Å². The van der Waals surface area contributed by atoms with E-state index in [1.807, 2.05) is 33.9 Å². The Morgan fingerprint density at radius 2 is 2.00 bits per heavy atom. The molecular formula is C20H21BrN6O. The van der Waals surface area contributed by atoms with E-state index in [2.05, 4.69) is 57.1 Å². The van der Waals surface area contributed by atoms with Crippen LogP contribution in [0.4, 0.5) is 0 Å². The molecule has 0 radical (unpaired) electrons. The summed E-state index contributed by atoms with van der Waals surface area (Å²) in [5.74, 6) is 1.53. The second kappa shape index (κ2) is 8.30. The molecule has 0 saturated carbocycles. The Balaban J connectivity index is 1.79. The van der Waals surface area contributed by atoms with Crippen molar-refractivity contribution in [3.63, 3.8) is 0 Å². The van der Waals surface area contributed by atoms with Gasteiger partial charge in [0.05, 0.1) is 17.1 Å². The third-order valence-electron chi connectivity index (χ3n) is 4.62. The molecule has 0 aliphatic carbocycles. The van der Waals surface area contributed by atoms with Gasteiger partial charge in [-0.3, -0.25) is 19.4 Å². The first-order chi connectivity index (χ1) is 13.7. The van der Waals surface area contributed by atoms with Crippen molar-refractivity contribution in [2.45, 2.75) is 27.0 Å². The molecule has 0 saturated heterocycles. The molecule has 1 aliphatic rings. The minimum Gasteiger partial charge on any atom is -0.291 e. The highest BCUT2D eigenvalue weighted by Crippen LogP contribution is 2.28. The second-order valence-electron chi connectivity index (χ2n) is 6.30. The van der Waals surface area contributed by atoms with E-state index in [9.17, 15) is 0 Å². The molecule has 3 aromatic rings. The van der Waals surface area contributed by atoms with Crippen molar-refractivity contribution in [1.29, 1.82) is 0 Å². The number of hydrogen-bond acceptors (Lipinski definition) is 6. The quantitative estimate of drug-likeness (QED) is 0.548. The van der Waals surface area contributed by atoms with Crippen LogP contribution in [0.1, 0.15) is 36.8 Å². The predicted octanol–water partition coefficient (Wildman–Crippen LogP) is 3.55. The van der Waals surface area contributed by atoms with Gasteiger partial charge >= 0.3 is 0 Å². The number of aliphatic imine (C=N–C) groups is 1. The Morgan fingerprint density at radius 1 is 1.14 bits per heavy atom. The Hall–Kier alpha value is -2.42. The van der Waals surface area contributed by atoms with E-state index in [1.165, 1.54) is 0 Å². The zero-order valence-electron chi connectivity index (χ0n) is 15.8. The van der Waals surface area contributed by atoms with Gasteiger partial charge in [0.1, 0.15) is 13.2 Å². The third kappa shape index (κ3) is 3.63.